The average Bonchev–Trinajstić information content (AvgIpc) is 2.87. The van der Waals surface area contributed by atoms with Crippen molar-refractivity contribution in [3.63, 3.8) is 0 Å². The number of carbonyl (C=O) groups is 4. The molecule has 1 rings (SSSR count). The lowest BCUT2D eigenvalue weighted by atomic mass is 10.0. The van der Waals surface area contributed by atoms with Crippen LogP contribution in [0.25, 0.3) is 0 Å². The van der Waals surface area contributed by atoms with E-state index in [2.05, 4.69) is 33.5 Å². The molecule has 5 N–H and O–H groups in total. The predicted octanol–water partition coefficient (Wildman–Crippen LogP) is 3.64. The van der Waals surface area contributed by atoms with Crippen molar-refractivity contribution < 1.29 is 19.2 Å². The van der Waals surface area contributed by atoms with Crippen LogP contribution in [-0.2, 0) is 14.4 Å². The molecule has 0 fully saturated rings. The van der Waals surface area contributed by atoms with Crippen molar-refractivity contribution in [2.24, 2.45) is 5.92 Å². The Balaban J connectivity index is 2.45. The highest BCUT2D eigenvalue weighted by atomic mass is 32.2. The SMILES string of the molecule is CCCCCCCCCCCCNC(=O)NC(C(=O)N[C@H]1CSCCNC(=O)/C=C/[C@H](C)NC1=O)C(C)C. The lowest BCUT2D eigenvalue weighted by Gasteiger charge is -2.26. The molecule has 0 spiro atoms. The Morgan fingerprint density at radius 1 is 1.03 bits per heavy atom. The molecule has 1 heterocycles. The summed E-state index contributed by atoms with van der Waals surface area (Å²) in [4.78, 5) is 50.1. The van der Waals surface area contributed by atoms with E-state index in [1.807, 2.05) is 13.8 Å². The van der Waals surface area contributed by atoms with Crippen molar-refractivity contribution in [1.29, 1.82) is 0 Å². The number of hydrogen-bond donors (Lipinski definition) is 5. The first kappa shape index (κ1) is 33.8. The summed E-state index contributed by atoms with van der Waals surface area (Å²) in [5.41, 5.74) is 0. The molecule has 1 aliphatic heterocycles. The number of rotatable bonds is 15. The lowest BCUT2D eigenvalue weighted by Crippen LogP contribution is -2.58. The van der Waals surface area contributed by atoms with Crippen LogP contribution < -0.4 is 26.6 Å². The molecule has 0 aromatic heterocycles. The minimum absolute atomic E-state index is 0.155. The zero-order valence-corrected chi connectivity index (χ0v) is 24.7. The number of thioether (sulfide) groups is 1. The summed E-state index contributed by atoms with van der Waals surface area (Å²) < 4.78 is 0. The Bertz CT molecular complexity index is 747. The summed E-state index contributed by atoms with van der Waals surface area (Å²) >= 11 is 1.47. The van der Waals surface area contributed by atoms with E-state index >= 15 is 0 Å². The third-order valence-corrected chi connectivity index (χ3v) is 7.48. The number of carbonyl (C=O) groups excluding carboxylic acids is 4. The van der Waals surface area contributed by atoms with Crippen molar-refractivity contribution >= 4 is 35.5 Å². The molecule has 1 aliphatic rings. The second kappa shape index (κ2) is 20.7. The van der Waals surface area contributed by atoms with E-state index in [-0.39, 0.29) is 29.8 Å². The van der Waals surface area contributed by atoms with Crippen molar-refractivity contribution in [3.8, 4) is 0 Å². The van der Waals surface area contributed by atoms with Gasteiger partial charge in [-0.1, -0.05) is 84.6 Å². The van der Waals surface area contributed by atoms with Gasteiger partial charge in [-0.2, -0.15) is 11.8 Å². The van der Waals surface area contributed by atoms with Gasteiger partial charge in [-0.15, -0.1) is 0 Å². The van der Waals surface area contributed by atoms with Gasteiger partial charge in [0.1, 0.15) is 12.1 Å². The number of urea groups is 1. The Labute approximate surface area is 233 Å². The van der Waals surface area contributed by atoms with E-state index < -0.39 is 18.0 Å². The molecule has 38 heavy (non-hydrogen) atoms. The van der Waals surface area contributed by atoms with Crippen LogP contribution in [0.1, 0.15) is 91.9 Å². The van der Waals surface area contributed by atoms with Crippen molar-refractivity contribution in [2.75, 3.05) is 24.6 Å². The topological polar surface area (TPSA) is 128 Å². The summed E-state index contributed by atoms with van der Waals surface area (Å²) in [5, 5.41) is 14.1. The normalized spacial score (nSPS) is 20.3. The molecule has 10 heteroatoms. The third kappa shape index (κ3) is 15.9. The van der Waals surface area contributed by atoms with E-state index in [1.54, 1.807) is 13.0 Å². The highest BCUT2D eigenvalue weighted by Gasteiger charge is 2.29. The molecule has 1 unspecified atom stereocenters. The molecule has 5 amide bonds. The summed E-state index contributed by atoms with van der Waals surface area (Å²) in [6.45, 7) is 8.75. The summed E-state index contributed by atoms with van der Waals surface area (Å²) in [5.74, 6) is -0.0939. The molecule has 3 atom stereocenters. The van der Waals surface area contributed by atoms with Crippen molar-refractivity contribution in [2.45, 2.75) is 110 Å². The molecular formula is C28H51N5O4S. The monoisotopic (exact) mass is 553 g/mol. The standard InChI is InChI=1S/C28H51N5O4S/c1-5-6-7-8-9-10-11-12-13-14-17-30-28(37)33-25(21(2)3)27(36)32-23-20-38-19-18-29-24(34)16-15-22(4)31-26(23)35/h15-16,21-23,25H,5-14,17-20H2,1-4H3,(H,29,34)(H,31,35)(H,32,36)(H2,30,33,37)/b16-15+/t22-,23-,25?/m0/s1. The first-order chi connectivity index (χ1) is 18.2. The highest BCUT2D eigenvalue weighted by molar-refractivity contribution is 7.99. The Hall–Kier alpha value is -2.23. The van der Waals surface area contributed by atoms with E-state index in [9.17, 15) is 19.2 Å². The van der Waals surface area contributed by atoms with Gasteiger partial charge in [0.25, 0.3) is 0 Å². The average molecular weight is 554 g/mol. The highest BCUT2D eigenvalue weighted by Crippen LogP contribution is 2.10. The maximum Gasteiger partial charge on any atom is 0.315 e. The van der Waals surface area contributed by atoms with Gasteiger partial charge >= 0.3 is 6.03 Å². The van der Waals surface area contributed by atoms with Crippen LogP contribution in [0, 0.1) is 5.92 Å². The summed E-state index contributed by atoms with van der Waals surface area (Å²) in [7, 11) is 0. The molecule has 0 aromatic rings. The Kier molecular flexibility index (Phi) is 18.4. The van der Waals surface area contributed by atoms with Crippen LogP contribution in [0.15, 0.2) is 12.2 Å². The molecule has 0 aliphatic carbocycles. The van der Waals surface area contributed by atoms with E-state index in [0.29, 0.717) is 24.6 Å². The molecule has 218 valence electrons. The molecule has 0 saturated heterocycles. The van der Waals surface area contributed by atoms with Gasteiger partial charge in [0.15, 0.2) is 0 Å². The first-order valence-electron chi connectivity index (χ1n) is 14.4. The lowest BCUT2D eigenvalue weighted by molar-refractivity contribution is -0.130. The van der Waals surface area contributed by atoms with Gasteiger partial charge in [0.2, 0.25) is 17.7 Å². The second-order valence-electron chi connectivity index (χ2n) is 10.4. The maximum atomic E-state index is 13.1. The van der Waals surface area contributed by atoms with Crippen LogP contribution >= 0.6 is 11.8 Å². The van der Waals surface area contributed by atoms with Gasteiger partial charge in [0, 0.05) is 36.7 Å². The van der Waals surface area contributed by atoms with Gasteiger partial charge < -0.3 is 26.6 Å². The van der Waals surface area contributed by atoms with E-state index in [4.69, 9.17) is 0 Å². The number of amides is 5. The van der Waals surface area contributed by atoms with Crippen LogP contribution in [0.4, 0.5) is 4.79 Å². The van der Waals surface area contributed by atoms with Gasteiger partial charge in [0.05, 0.1) is 0 Å². The molecular weight excluding hydrogens is 502 g/mol. The number of hydrogen-bond acceptors (Lipinski definition) is 5. The largest absolute Gasteiger partial charge is 0.352 e. The Morgan fingerprint density at radius 3 is 2.29 bits per heavy atom. The van der Waals surface area contributed by atoms with Gasteiger partial charge in [-0.25, -0.2) is 4.79 Å². The molecule has 0 radical (unpaired) electrons. The summed E-state index contributed by atoms with van der Waals surface area (Å²) in [6.07, 6.45) is 15.3. The second-order valence-corrected chi connectivity index (χ2v) is 11.5. The maximum absolute atomic E-state index is 13.1. The molecule has 0 bridgehead atoms. The van der Waals surface area contributed by atoms with Crippen LogP contribution in [-0.4, -0.2) is 66.5 Å². The minimum atomic E-state index is -0.765. The number of nitrogens with one attached hydrogen (secondary N) is 5. The van der Waals surface area contributed by atoms with Crippen LogP contribution in [0.2, 0.25) is 0 Å². The summed E-state index contributed by atoms with van der Waals surface area (Å²) in [6, 6.07) is -2.26. The first-order valence-corrected chi connectivity index (χ1v) is 15.6. The number of unbranched alkanes of at least 4 members (excludes halogenated alkanes) is 9. The van der Waals surface area contributed by atoms with Gasteiger partial charge in [-0.05, 0) is 19.3 Å². The quantitative estimate of drug-likeness (QED) is 0.198. The van der Waals surface area contributed by atoms with E-state index in [1.165, 1.54) is 69.2 Å². The molecule has 0 saturated carbocycles. The van der Waals surface area contributed by atoms with Crippen LogP contribution in [0.5, 0.6) is 0 Å². The zero-order chi connectivity index (χ0) is 28.2. The smallest absolute Gasteiger partial charge is 0.315 e. The molecule has 0 aromatic carbocycles. The fraction of sp³-hybridized carbons (Fsp3) is 0.786. The van der Waals surface area contributed by atoms with E-state index in [0.717, 1.165) is 12.8 Å². The molecule has 9 nitrogen and oxygen atoms in total. The van der Waals surface area contributed by atoms with Crippen molar-refractivity contribution in [3.05, 3.63) is 12.2 Å². The fourth-order valence-corrected chi connectivity index (χ4v) is 4.98. The minimum Gasteiger partial charge on any atom is -0.352 e. The van der Waals surface area contributed by atoms with Crippen LogP contribution in [0.3, 0.4) is 0 Å². The predicted molar refractivity (Wildman–Crippen MR) is 156 cm³/mol. The zero-order valence-electron chi connectivity index (χ0n) is 23.9. The van der Waals surface area contributed by atoms with Crippen molar-refractivity contribution in [1.82, 2.24) is 26.6 Å². The Morgan fingerprint density at radius 2 is 1.66 bits per heavy atom. The fourth-order valence-electron chi connectivity index (χ4n) is 4.10. The van der Waals surface area contributed by atoms with Gasteiger partial charge in [-0.3, -0.25) is 14.4 Å². The third-order valence-electron chi connectivity index (χ3n) is 6.42.